The summed E-state index contributed by atoms with van der Waals surface area (Å²) in [6, 6.07) is 24.4. The summed E-state index contributed by atoms with van der Waals surface area (Å²) in [6.45, 7) is 4.57. The Hall–Kier alpha value is -4.79. The van der Waals surface area contributed by atoms with Crippen molar-refractivity contribution < 1.29 is 23.8 Å². The number of carbonyl (C=O) groups excluding carboxylic acids is 2. The van der Waals surface area contributed by atoms with Gasteiger partial charge in [-0.25, -0.2) is 10.2 Å². The molecule has 0 aliphatic rings. The second-order valence-electron chi connectivity index (χ2n) is 9.20. The Morgan fingerprint density at radius 3 is 2.35 bits per heavy atom. The summed E-state index contributed by atoms with van der Waals surface area (Å²) in [5.74, 6) is 0.164. The molecule has 8 nitrogen and oxygen atoms in total. The minimum atomic E-state index is -0.610. The lowest BCUT2D eigenvalue weighted by Gasteiger charge is -2.12. The molecule has 0 spiro atoms. The van der Waals surface area contributed by atoms with E-state index in [1.165, 1.54) is 6.21 Å². The number of hydrogen-bond donors (Lipinski definition) is 2. The molecule has 0 radical (unpaired) electrons. The maximum atomic E-state index is 13.4. The van der Waals surface area contributed by atoms with Gasteiger partial charge in [0.15, 0.2) is 11.5 Å². The fourth-order valence-electron chi connectivity index (χ4n) is 4.50. The van der Waals surface area contributed by atoms with Crippen molar-refractivity contribution in [1.29, 1.82) is 0 Å². The second kappa shape index (κ2) is 13.5. The maximum absolute atomic E-state index is 13.4. The highest BCUT2D eigenvalue weighted by atomic mass is 35.5. The number of H-pyrrole nitrogens is 1. The molecule has 0 atom stereocenters. The molecule has 1 amide bonds. The van der Waals surface area contributed by atoms with Gasteiger partial charge < -0.3 is 19.2 Å². The highest BCUT2D eigenvalue weighted by Crippen LogP contribution is 2.38. The van der Waals surface area contributed by atoms with E-state index in [-0.39, 0.29) is 16.3 Å². The molecule has 10 heteroatoms. The molecule has 2 N–H and O–H groups in total. The molecule has 0 unspecified atom stereocenters. The number of halogens is 2. The zero-order valence-corrected chi connectivity index (χ0v) is 24.8. The van der Waals surface area contributed by atoms with Crippen LogP contribution >= 0.6 is 23.2 Å². The standard InChI is InChI=1S/C33H27Cl2N3O5/c1-3-41-21-14-15-27-24(18-21)30(22-9-5-7-11-25(22)34)31(37-27)32(39)38-36-19-20-13-16-28(29(17-20)42-4-2)43-33(40)23-10-6-8-12-26(23)35/h5-19,37H,3-4H2,1-2H3,(H,38,39). The number of rotatable bonds is 10. The first kappa shape index (κ1) is 29.7. The number of aromatic nitrogens is 1. The zero-order chi connectivity index (χ0) is 30.3. The summed E-state index contributed by atoms with van der Waals surface area (Å²) in [7, 11) is 0. The first-order chi connectivity index (χ1) is 20.9. The van der Waals surface area contributed by atoms with Crippen molar-refractivity contribution in [3.8, 4) is 28.4 Å². The van der Waals surface area contributed by atoms with Crippen molar-refractivity contribution in [1.82, 2.24) is 10.4 Å². The van der Waals surface area contributed by atoms with E-state index in [0.717, 1.165) is 10.9 Å². The number of nitrogens with one attached hydrogen (secondary N) is 2. The van der Waals surface area contributed by atoms with E-state index >= 15 is 0 Å². The van der Waals surface area contributed by atoms with Gasteiger partial charge >= 0.3 is 5.97 Å². The van der Waals surface area contributed by atoms with E-state index in [1.807, 2.05) is 50.2 Å². The van der Waals surface area contributed by atoms with Crippen molar-refractivity contribution in [3.63, 3.8) is 0 Å². The topological polar surface area (TPSA) is 102 Å². The highest BCUT2D eigenvalue weighted by Gasteiger charge is 2.21. The Bertz CT molecular complexity index is 1830. The van der Waals surface area contributed by atoms with E-state index in [0.29, 0.717) is 52.1 Å². The number of nitrogens with zero attached hydrogens (tertiary/aromatic N) is 1. The zero-order valence-electron chi connectivity index (χ0n) is 23.3. The van der Waals surface area contributed by atoms with Gasteiger partial charge in [-0.15, -0.1) is 0 Å². The van der Waals surface area contributed by atoms with Crippen molar-refractivity contribution >= 4 is 52.2 Å². The predicted molar refractivity (Wildman–Crippen MR) is 169 cm³/mol. The molecule has 0 bridgehead atoms. The predicted octanol–water partition coefficient (Wildman–Crippen LogP) is 7.92. The van der Waals surface area contributed by atoms with Gasteiger partial charge in [-0.1, -0.05) is 53.5 Å². The first-order valence-corrected chi connectivity index (χ1v) is 14.3. The number of ether oxygens (including phenoxy) is 3. The van der Waals surface area contributed by atoms with Gasteiger partial charge in [0.05, 0.1) is 30.0 Å². The normalized spacial score (nSPS) is 11.1. The van der Waals surface area contributed by atoms with Crippen LogP contribution in [0.1, 0.15) is 40.3 Å². The number of fused-ring (bicyclic) bond motifs is 1. The average molecular weight is 617 g/mol. The van der Waals surface area contributed by atoms with Crippen LogP contribution in [-0.4, -0.2) is 36.3 Å². The van der Waals surface area contributed by atoms with Crippen LogP contribution in [0, 0.1) is 0 Å². The van der Waals surface area contributed by atoms with Crippen LogP contribution in [0.4, 0.5) is 0 Å². The number of aromatic amines is 1. The van der Waals surface area contributed by atoms with Gasteiger partial charge in [0.1, 0.15) is 11.4 Å². The summed E-state index contributed by atoms with van der Waals surface area (Å²) in [5.41, 5.74) is 5.80. The Kier molecular flexibility index (Phi) is 9.29. The van der Waals surface area contributed by atoms with Crippen LogP contribution in [0.25, 0.3) is 22.0 Å². The summed E-state index contributed by atoms with van der Waals surface area (Å²) in [5, 5.41) is 5.73. The van der Waals surface area contributed by atoms with E-state index in [2.05, 4.69) is 15.5 Å². The summed E-state index contributed by atoms with van der Waals surface area (Å²) in [6.07, 6.45) is 1.46. The fourth-order valence-corrected chi connectivity index (χ4v) is 4.95. The minimum Gasteiger partial charge on any atom is -0.494 e. The van der Waals surface area contributed by atoms with Crippen LogP contribution in [0.5, 0.6) is 17.2 Å². The second-order valence-corrected chi connectivity index (χ2v) is 10.0. The molecule has 5 rings (SSSR count). The van der Waals surface area contributed by atoms with Gasteiger partial charge in [-0.2, -0.15) is 5.10 Å². The van der Waals surface area contributed by atoms with E-state index in [4.69, 9.17) is 37.4 Å². The SMILES string of the molecule is CCOc1ccc2[nH]c(C(=O)NN=Cc3ccc(OC(=O)c4ccccc4Cl)c(OCC)c3)c(-c3ccccc3Cl)c2c1. The molecule has 1 heterocycles. The smallest absolute Gasteiger partial charge is 0.345 e. The Morgan fingerprint density at radius 2 is 1.60 bits per heavy atom. The molecular weight excluding hydrogens is 589 g/mol. The average Bonchev–Trinajstić information content (AvgIpc) is 3.38. The van der Waals surface area contributed by atoms with Crippen LogP contribution in [-0.2, 0) is 0 Å². The van der Waals surface area contributed by atoms with E-state index < -0.39 is 11.9 Å². The molecule has 0 saturated carbocycles. The van der Waals surface area contributed by atoms with Gasteiger partial charge in [0, 0.05) is 27.1 Å². The van der Waals surface area contributed by atoms with Crippen LogP contribution in [0.2, 0.25) is 10.0 Å². The molecule has 4 aromatic carbocycles. The van der Waals surface area contributed by atoms with E-state index in [1.54, 1.807) is 48.5 Å². The third-order valence-corrected chi connectivity index (χ3v) is 7.05. The molecule has 0 fully saturated rings. The van der Waals surface area contributed by atoms with E-state index in [9.17, 15) is 9.59 Å². The number of amides is 1. The van der Waals surface area contributed by atoms with Crippen molar-refractivity contribution in [2.24, 2.45) is 5.10 Å². The van der Waals surface area contributed by atoms with Gasteiger partial charge in [0.2, 0.25) is 0 Å². The number of benzene rings is 4. The Morgan fingerprint density at radius 1 is 0.860 bits per heavy atom. The molecule has 0 saturated heterocycles. The molecule has 5 aromatic rings. The molecule has 0 aliphatic carbocycles. The number of esters is 1. The summed E-state index contributed by atoms with van der Waals surface area (Å²) in [4.78, 5) is 29.3. The molecule has 1 aromatic heterocycles. The first-order valence-electron chi connectivity index (χ1n) is 13.5. The van der Waals surface area contributed by atoms with Crippen LogP contribution in [0.3, 0.4) is 0 Å². The molecule has 218 valence electrons. The van der Waals surface area contributed by atoms with Crippen molar-refractivity contribution in [2.45, 2.75) is 13.8 Å². The lowest BCUT2D eigenvalue weighted by molar-refractivity contribution is 0.0728. The summed E-state index contributed by atoms with van der Waals surface area (Å²) >= 11 is 12.7. The third kappa shape index (κ3) is 6.66. The van der Waals surface area contributed by atoms with Crippen molar-refractivity contribution in [3.05, 3.63) is 112 Å². The minimum absolute atomic E-state index is 0.224. The molecule has 43 heavy (non-hydrogen) atoms. The maximum Gasteiger partial charge on any atom is 0.345 e. The van der Waals surface area contributed by atoms with Gasteiger partial charge in [-0.3, -0.25) is 4.79 Å². The Balaban J connectivity index is 1.39. The summed E-state index contributed by atoms with van der Waals surface area (Å²) < 4.78 is 16.9. The van der Waals surface area contributed by atoms with Crippen LogP contribution < -0.4 is 19.6 Å². The molecule has 0 aliphatic heterocycles. The van der Waals surface area contributed by atoms with Gasteiger partial charge in [0.25, 0.3) is 5.91 Å². The van der Waals surface area contributed by atoms with Gasteiger partial charge in [-0.05, 0) is 74.0 Å². The molecular formula is C33H27Cl2N3O5. The highest BCUT2D eigenvalue weighted by molar-refractivity contribution is 6.34. The Labute approximate surface area is 258 Å². The van der Waals surface area contributed by atoms with Crippen molar-refractivity contribution in [2.75, 3.05) is 13.2 Å². The van der Waals surface area contributed by atoms with Crippen LogP contribution in [0.15, 0.2) is 90.0 Å². The number of hydrazone groups is 1. The lowest BCUT2D eigenvalue weighted by Crippen LogP contribution is -2.19. The lowest BCUT2D eigenvalue weighted by atomic mass is 10.0. The quantitative estimate of drug-likeness (QED) is 0.0719. The monoisotopic (exact) mass is 615 g/mol. The third-order valence-electron chi connectivity index (χ3n) is 6.40. The number of hydrogen-bond acceptors (Lipinski definition) is 6. The fraction of sp³-hybridized carbons (Fsp3) is 0.121. The number of carbonyl (C=O) groups is 2. The largest absolute Gasteiger partial charge is 0.494 e.